The maximum Gasteiger partial charge on any atom is 0.249 e. The van der Waals surface area contributed by atoms with Gasteiger partial charge in [0.05, 0.1) is 0 Å². The number of hydrogen-bond acceptors (Lipinski definition) is 2. The standard InChI is InChI=1S/C8H14INO2/c9-4-2-5-10-8(11)7-3-1-6-12-7/h7H,1-6H2,(H,10,11). The van der Waals surface area contributed by atoms with E-state index in [9.17, 15) is 4.79 Å². The van der Waals surface area contributed by atoms with Crippen molar-refractivity contribution in [3.8, 4) is 0 Å². The Morgan fingerprint density at radius 3 is 3.08 bits per heavy atom. The van der Waals surface area contributed by atoms with Crippen LogP contribution in [-0.4, -0.2) is 29.6 Å². The summed E-state index contributed by atoms with van der Waals surface area (Å²) in [5.74, 6) is 0.0670. The van der Waals surface area contributed by atoms with E-state index in [4.69, 9.17) is 4.74 Å². The lowest BCUT2D eigenvalue weighted by Gasteiger charge is -2.09. The summed E-state index contributed by atoms with van der Waals surface area (Å²) in [6, 6.07) is 0. The Morgan fingerprint density at radius 2 is 2.50 bits per heavy atom. The highest BCUT2D eigenvalue weighted by Crippen LogP contribution is 2.11. The summed E-state index contributed by atoms with van der Waals surface area (Å²) in [5, 5.41) is 2.86. The first kappa shape index (κ1) is 10.2. The molecular formula is C8H14INO2. The molecular weight excluding hydrogens is 269 g/mol. The Kier molecular flexibility index (Phi) is 4.90. The highest BCUT2D eigenvalue weighted by atomic mass is 127. The summed E-state index contributed by atoms with van der Waals surface area (Å²) in [7, 11) is 0. The van der Waals surface area contributed by atoms with Crippen molar-refractivity contribution >= 4 is 28.5 Å². The van der Waals surface area contributed by atoms with Gasteiger partial charge in [-0.3, -0.25) is 4.79 Å². The molecule has 1 saturated heterocycles. The van der Waals surface area contributed by atoms with Crippen molar-refractivity contribution in [1.82, 2.24) is 5.32 Å². The van der Waals surface area contributed by atoms with E-state index < -0.39 is 0 Å². The molecule has 1 amide bonds. The summed E-state index contributed by atoms with van der Waals surface area (Å²) >= 11 is 2.30. The average Bonchev–Trinajstić information content (AvgIpc) is 2.56. The lowest BCUT2D eigenvalue weighted by atomic mass is 10.2. The Labute approximate surface area is 86.4 Å². The predicted octanol–water partition coefficient (Wildman–Crippen LogP) is 1.11. The fourth-order valence-corrected chi connectivity index (χ4v) is 1.56. The summed E-state index contributed by atoms with van der Waals surface area (Å²) < 4.78 is 6.32. The predicted molar refractivity (Wildman–Crippen MR) is 55.5 cm³/mol. The van der Waals surface area contributed by atoms with Crippen LogP contribution in [0.4, 0.5) is 0 Å². The van der Waals surface area contributed by atoms with Crippen molar-refractivity contribution in [2.45, 2.75) is 25.4 Å². The van der Waals surface area contributed by atoms with Crippen LogP contribution in [-0.2, 0) is 9.53 Å². The van der Waals surface area contributed by atoms with Gasteiger partial charge < -0.3 is 10.1 Å². The van der Waals surface area contributed by atoms with Crippen molar-refractivity contribution in [3.63, 3.8) is 0 Å². The summed E-state index contributed by atoms with van der Waals surface area (Å²) in [6.07, 6.45) is 2.78. The second-order valence-corrected chi connectivity index (χ2v) is 3.91. The molecule has 1 rings (SSSR count). The zero-order valence-corrected chi connectivity index (χ0v) is 9.17. The third kappa shape index (κ3) is 3.26. The van der Waals surface area contributed by atoms with Crippen LogP contribution < -0.4 is 5.32 Å². The number of halogens is 1. The van der Waals surface area contributed by atoms with Gasteiger partial charge in [0, 0.05) is 17.6 Å². The van der Waals surface area contributed by atoms with E-state index in [1.165, 1.54) is 0 Å². The molecule has 0 aliphatic carbocycles. The van der Waals surface area contributed by atoms with Crippen molar-refractivity contribution in [1.29, 1.82) is 0 Å². The van der Waals surface area contributed by atoms with Crippen molar-refractivity contribution in [2.24, 2.45) is 0 Å². The number of alkyl halides is 1. The summed E-state index contributed by atoms with van der Waals surface area (Å²) in [5.41, 5.74) is 0. The van der Waals surface area contributed by atoms with Crippen LogP contribution >= 0.6 is 22.6 Å². The molecule has 0 spiro atoms. The highest BCUT2D eigenvalue weighted by Gasteiger charge is 2.22. The first-order valence-corrected chi connectivity index (χ1v) is 5.82. The molecule has 12 heavy (non-hydrogen) atoms. The fraction of sp³-hybridized carbons (Fsp3) is 0.875. The minimum Gasteiger partial charge on any atom is -0.368 e. The van der Waals surface area contributed by atoms with Crippen LogP contribution in [0.2, 0.25) is 0 Å². The second kappa shape index (κ2) is 5.75. The van der Waals surface area contributed by atoms with Gasteiger partial charge >= 0.3 is 0 Å². The van der Waals surface area contributed by atoms with E-state index in [2.05, 4.69) is 27.9 Å². The zero-order valence-electron chi connectivity index (χ0n) is 7.01. The molecule has 1 aliphatic rings. The van der Waals surface area contributed by atoms with Gasteiger partial charge in [0.15, 0.2) is 0 Å². The van der Waals surface area contributed by atoms with Crippen LogP contribution in [0.25, 0.3) is 0 Å². The van der Waals surface area contributed by atoms with Gasteiger partial charge in [-0.1, -0.05) is 22.6 Å². The van der Waals surface area contributed by atoms with Crippen LogP contribution in [0.5, 0.6) is 0 Å². The van der Waals surface area contributed by atoms with Gasteiger partial charge in [0.1, 0.15) is 6.10 Å². The monoisotopic (exact) mass is 283 g/mol. The summed E-state index contributed by atoms with van der Waals surface area (Å²) in [4.78, 5) is 11.3. The molecule has 4 heteroatoms. The number of ether oxygens (including phenoxy) is 1. The number of nitrogens with one attached hydrogen (secondary N) is 1. The van der Waals surface area contributed by atoms with E-state index in [1.807, 2.05) is 0 Å². The van der Waals surface area contributed by atoms with Crippen LogP contribution in [0.3, 0.4) is 0 Å². The molecule has 0 bridgehead atoms. The Bertz CT molecular complexity index is 146. The molecule has 0 saturated carbocycles. The van der Waals surface area contributed by atoms with Crippen LogP contribution in [0, 0.1) is 0 Å². The number of carbonyl (C=O) groups is 1. The Balaban J connectivity index is 2.10. The fourth-order valence-electron chi connectivity index (χ4n) is 1.18. The van der Waals surface area contributed by atoms with Gasteiger partial charge in [-0.15, -0.1) is 0 Å². The van der Waals surface area contributed by atoms with Gasteiger partial charge in [-0.05, 0) is 19.3 Å². The minimum absolute atomic E-state index is 0.0670. The van der Waals surface area contributed by atoms with E-state index in [0.29, 0.717) is 0 Å². The molecule has 1 unspecified atom stereocenters. The van der Waals surface area contributed by atoms with E-state index in [-0.39, 0.29) is 12.0 Å². The molecule has 0 aromatic rings. The van der Waals surface area contributed by atoms with Crippen LogP contribution in [0.15, 0.2) is 0 Å². The maximum atomic E-state index is 11.3. The number of hydrogen-bond donors (Lipinski definition) is 1. The van der Waals surface area contributed by atoms with Crippen molar-refractivity contribution < 1.29 is 9.53 Å². The second-order valence-electron chi connectivity index (χ2n) is 2.84. The van der Waals surface area contributed by atoms with Crippen LogP contribution in [0.1, 0.15) is 19.3 Å². The van der Waals surface area contributed by atoms with Gasteiger partial charge in [0.2, 0.25) is 5.91 Å². The molecule has 70 valence electrons. The summed E-state index contributed by atoms with van der Waals surface area (Å²) in [6.45, 7) is 1.52. The first-order chi connectivity index (χ1) is 5.84. The lowest BCUT2D eigenvalue weighted by molar-refractivity contribution is -0.130. The molecule has 1 heterocycles. The zero-order chi connectivity index (χ0) is 8.81. The minimum atomic E-state index is -0.167. The molecule has 3 nitrogen and oxygen atoms in total. The van der Waals surface area contributed by atoms with Crippen molar-refractivity contribution in [2.75, 3.05) is 17.6 Å². The molecule has 1 atom stereocenters. The number of rotatable bonds is 4. The topological polar surface area (TPSA) is 38.3 Å². The third-order valence-corrected chi connectivity index (χ3v) is 2.59. The lowest BCUT2D eigenvalue weighted by Crippen LogP contribution is -2.34. The quantitative estimate of drug-likeness (QED) is 0.477. The smallest absolute Gasteiger partial charge is 0.249 e. The molecule has 0 radical (unpaired) electrons. The number of amides is 1. The SMILES string of the molecule is O=C(NCCCI)C1CCCO1. The normalized spacial score (nSPS) is 22.6. The average molecular weight is 283 g/mol. The molecule has 0 aromatic carbocycles. The van der Waals surface area contributed by atoms with Gasteiger partial charge in [0.25, 0.3) is 0 Å². The maximum absolute atomic E-state index is 11.3. The molecule has 0 aromatic heterocycles. The third-order valence-electron chi connectivity index (χ3n) is 1.83. The van der Waals surface area contributed by atoms with Gasteiger partial charge in [-0.2, -0.15) is 0 Å². The van der Waals surface area contributed by atoms with Crippen molar-refractivity contribution in [3.05, 3.63) is 0 Å². The Morgan fingerprint density at radius 1 is 1.67 bits per heavy atom. The molecule has 1 N–H and O–H groups in total. The molecule has 1 fully saturated rings. The number of carbonyl (C=O) groups excluding carboxylic acids is 1. The highest BCUT2D eigenvalue weighted by molar-refractivity contribution is 14.1. The largest absolute Gasteiger partial charge is 0.368 e. The van der Waals surface area contributed by atoms with E-state index in [1.54, 1.807) is 0 Å². The van der Waals surface area contributed by atoms with E-state index in [0.717, 1.165) is 36.8 Å². The van der Waals surface area contributed by atoms with Gasteiger partial charge in [-0.25, -0.2) is 0 Å². The molecule has 1 aliphatic heterocycles. The van der Waals surface area contributed by atoms with E-state index >= 15 is 0 Å². The first-order valence-electron chi connectivity index (χ1n) is 4.30. The Hall–Kier alpha value is 0.160.